The molecule has 1 aliphatic rings. The van der Waals surface area contributed by atoms with Crippen molar-refractivity contribution in [2.45, 2.75) is 51.5 Å². The molecule has 0 fully saturated rings. The Hall–Kier alpha value is -1.60. The van der Waals surface area contributed by atoms with E-state index in [4.69, 9.17) is 5.73 Å². The SMILES string of the molecule is Cc1cccc(CCC(N)c2ccc3c(c2)CCCC3)c1. The number of rotatable bonds is 4. The molecule has 1 unspecified atom stereocenters. The molecule has 2 aromatic rings. The summed E-state index contributed by atoms with van der Waals surface area (Å²) in [5, 5.41) is 0. The predicted molar refractivity (Wildman–Crippen MR) is 89.5 cm³/mol. The van der Waals surface area contributed by atoms with Gasteiger partial charge in [0.05, 0.1) is 0 Å². The zero-order chi connectivity index (χ0) is 14.7. The molecule has 1 heteroatoms. The smallest absolute Gasteiger partial charge is 0.0298 e. The summed E-state index contributed by atoms with van der Waals surface area (Å²) in [4.78, 5) is 0. The Morgan fingerprint density at radius 1 is 1.00 bits per heavy atom. The van der Waals surface area contributed by atoms with Crippen LogP contribution in [0.1, 0.15) is 53.1 Å². The van der Waals surface area contributed by atoms with Gasteiger partial charge in [-0.1, -0.05) is 48.0 Å². The normalized spacial score (nSPS) is 15.5. The van der Waals surface area contributed by atoms with E-state index in [-0.39, 0.29) is 6.04 Å². The van der Waals surface area contributed by atoms with Gasteiger partial charge >= 0.3 is 0 Å². The zero-order valence-electron chi connectivity index (χ0n) is 12.9. The third kappa shape index (κ3) is 3.54. The first kappa shape index (κ1) is 14.3. The zero-order valence-corrected chi connectivity index (χ0v) is 12.9. The Morgan fingerprint density at radius 2 is 1.81 bits per heavy atom. The maximum absolute atomic E-state index is 6.41. The van der Waals surface area contributed by atoms with E-state index >= 15 is 0 Å². The van der Waals surface area contributed by atoms with Gasteiger partial charge in [0, 0.05) is 6.04 Å². The van der Waals surface area contributed by atoms with Crippen LogP contribution in [0.15, 0.2) is 42.5 Å². The fraction of sp³-hybridized carbons (Fsp3) is 0.400. The van der Waals surface area contributed by atoms with Crippen LogP contribution in [0.4, 0.5) is 0 Å². The van der Waals surface area contributed by atoms with Crippen LogP contribution < -0.4 is 5.73 Å². The highest BCUT2D eigenvalue weighted by Crippen LogP contribution is 2.25. The summed E-state index contributed by atoms with van der Waals surface area (Å²) < 4.78 is 0. The highest BCUT2D eigenvalue weighted by molar-refractivity contribution is 5.35. The molecule has 1 aliphatic carbocycles. The van der Waals surface area contributed by atoms with Gasteiger partial charge in [-0.05, 0) is 67.7 Å². The van der Waals surface area contributed by atoms with Gasteiger partial charge in [0.2, 0.25) is 0 Å². The lowest BCUT2D eigenvalue weighted by Crippen LogP contribution is -2.13. The van der Waals surface area contributed by atoms with E-state index in [1.54, 1.807) is 0 Å². The minimum absolute atomic E-state index is 0.151. The predicted octanol–water partition coefficient (Wildman–Crippen LogP) is 4.51. The van der Waals surface area contributed by atoms with Crippen molar-refractivity contribution in [3.63, 3.8) is 0 Å². The van der Waals surface area contributed by atoms with Crippen LogP contribution in [0.5, 0.6) is 0 Å². The van der Waals surface area contributed by atoms with Gasteiger partial charge in [-0.15, -0.1) is 0 Å². The maximum Gasteiger partial charge on any atom is 0.0298 e. The number of hydrogen-bond donors (Lipinski definition) is 1. The molecule has 0 aliphatic heterocycles. The fourth-order valence-electron chi connectivity index (χ4n) is 3.34. The second-order valence-electron chi connectivity index (χ2n) is 6.37. The Balaban J connectivity index is 1.66. The Morgan fingerprint density at radius 3 is 2.62 bits per heavy atom. The van der Waals surface area contributed by atoms with Crippen molar-refractivity contribution >= 4 is 0 Å². The van der Waals surface area contributed by atoms with E-state index in [1.165, 1.54) is 53.5 Å². The molecule has 0 aromatic heterocycles. The Bertz CT molecular complexity index is 615. The van der Waals surface area contributed by atoms with Crippen LogP contribution in [0.25, 0.3) is 0 Å². The van der Waals surface area contributed by atoms with Gasteiger partial charge in [0.15, 0.2) is 0 Å². The van der Waals surface area contributed by atoms with Crippen LogP contribution in [-0.2, 0) is 19.3 Å². The lowest BCUT2D eigenvalue weighted by Gasteiger charge is -2.19. The van der Waals surface area contributed by atoms with E-state index in [2.05, 4.69) is 49.4 Å². The molecule has 0 radical (unpaired) electrons. The molecule has 0 spiro atoms. The Kier molecular flexibility index (Phi) is 4.40. The summed E-state index contributed by atoms with van der Waals surface area (Å²) in [7, 11) is 0. The molecule has 3 rings (SSSR count). The summed E-state index contributed by atoms with van der Waals surface area (Å²) >= 11 is 0. The van der Waals surface area contributed by atoms with Gasteiger partial charge in [-0.2, -0.15) is 0 Å². The van der Waals surface area contributed by atoms with E-state index in [0.29, 0.717) is 0 Å². The van der Waals surface area contributed by atoms with Crippen molar-refractivity contribution < 1.29 is 0 Å². The highest BCUT2D eigenvalue weighted by Gasteiger charge is 2.12. The van der Waals surface area contributed by atoms with Crippen LogP contribution in [0.3, 0.4) is 0 Å². The average molecular weight is 279 g/mol. The molecular weight excluding hydrogens is 254 g/mol. The first-order chi connectivity index (χ1) is 10.2. The maximum atomic E-state index is 6.41. The van der Waals surface area contributed by atoms with E-state index < -0.39 is 0 Å². The molecule has 110 valence electrons. The summed E-state index contributed by atoms with van der Waals surface area (Å²) in [5.74, 6) is 0. The van der Waals surface area contributed by atoms with Crippen LogP contribution in [0.2, 0.25) is 0 Å². The summed E-state index contributed by atoms with van der Waals surface area (Å²) in [6, 6.07) is 15.8. The topological polar surface area (TPSA) is 26.0 Å². The molecule has 1 nitrogen and oxygen atoms in total. The molecule has 1 atom stereocenters. The molecule has 0 heterocycles. The Labute approximate surface area is 128 Å². The number of hydrogen-bond acceptors (Lipinski definition) is 1. The first-order valence-electron chi connectivity index (χ1n) is 8.15. The fourth-order valence-corrected chi connectivity index (χ4v) is 3.34. The second kappa shape index (κ2) is 6.44. The largest absolute Gasteiger partial charge is 0.324 e. The van der Waals surface area contributed by atoms with Crippen molar-refractivity contribution in [3.05, 3.63) is 70.3 Å². The van der Waals surface area contributed by atoms with E-state index in [0.717, 1.165) is 12.8 Å². The van der Waals surface area contributed by atoms with E-state index in [9.17, 15) is 0 Å². The van der Waals surface area contributed by atoms with Gasteiger partial charge in [-0.25, -0.2) is 0 Å². The molecule has 0 saturated carbocycles. The molecule has 0 saturated heterocycles. The van der Waals surface area contributed by atoms with E-state index in [1.807, 2.05) is 0 Å². The lowest BCUT2D eigenvalue weighted by atomic mass is 9.88. The number of aryl methyl sites for hydroxylation is 4. The number of fused-ring (bicyclic) bond motifs is 1. The molecular formula is C20H25N. The molecule has 0 amide bonds. The molecule has 0 bridgehead atoms. The summed E-state index contributed by atoms with van der Waals surface area (Å²) in [5.41, 5.74) is 13.5. The number of benzene rings is 2. The monoisotopic (exact) mass is 279 g/mol. The lowest BCUT2D eigenvalue weighted by molar-refractivity contribution is 0.642. The van der Waals surface area contributed by atoms with Gasteiger partial charge < -0.3 is 5.73 Å². The van der Waals surface area contributed by atoms with Crippen LogP contribution >= 0.6 is 0 Å². The second-order valence-corrected chi connectivity index (χ2v) is 6.37. The standard InChI is InChI=1S/C20H25N/c1-15-5-4-6-16(13-15)9-12-20(21)19-11-10-17-7-2-3-8-18(17)14-19/h4-6,10-11,13-14,20H,2-3,7-9,12,21H2,1H3. The molecule has 21 heavy (non-hydrogen) atoms. The quantitative estimate of drug-likeness (QED) is 0.875. The number of nitrogens with two attached hydrogens (primary N) is 1. The molecule has 2 N–H and O–H groups in total. The highest BCUT2D eigenvalue weighted by atomic mass is 14.6. The molecule has 2 aromatic carbocycles. The van der Waals surface area contributed by atoms with Crippen LogP contribution in [-0.4, -0.2) is 0 Å². The van der Waals surface area contributed by atoms with Crippen molar-refractivity contribution in [2.75, 3.05) is 0 Å². The third-order valence-electron chi connectivity index (χ3n) is 4.63. The van der Waals surface area contributed by atoms with Crippen molar-refractivity contribution in [3.8, 4) is 0 Å². The third-order valence-corrected chi connectivity index (χ3v) is 4.63. The van der Waals surface area contributed by atoms with Crippen molar-refractivity contribution in [1.82, 2.24) is 0 Å². The summed E-state index contributed by atoms with van der Waals surface area (Å²) in [6.07, 6.45) is 7.21. The average Bonchev–Trinajstić information content (AvgIpc) is 2.52. The van der Waals surface area contributed by atoms with Crippen molar-refractivity contribution in [2.24, 2.45) is 5.73 Å². The first-order valence-corrected chi connectivity index (χ1v) is 8.15. The minimum Gasteiger partial charge on any atom is -0.324 e. The van der Waals surface area contributed by atoms with Gasteiger partial charge in [-0.3, -0.25) is 0 Å². The minimum atomic E-state index is 0.151. The van der Waals surface area contributed by atoms with Crippen molar-refractivity contribution in [1.29, 1.82) is 0 Å². The van der Waals surface area contributed by atoms with Crippen LogP contribution in [0, 0.1) is 6.92 Å². The van der Waals surface area contributed by atoms with Gasteiger partial charge in [0.1, 0.15) is 0 Å². The van der Waals surface area contributed by atoms with Gasteiger partial charge in [0.25, 0.3) is 0 Å². The summed E-state index contributed by atoms with van der Waals surface area (Å²) in [6.45, 7) is 2.15.